The van der Waals surface area contributed by atoms with Crippen LogP contribution < -0.4 is 19.5 Å². The number of allylic oxidation sites excluding steroid dienone is 1. The zero-order chi connectivity index (χ0) is 21.1. The van der Waals surface area contributed by atoms with Gasteiger partial charge in [-0.05, 0) is 47.4 Å². The maximum absolute atomic E-state index is 13.0. The summed E-state index contributed by atoms with van der Waals surface area (Å²) < 4.78 is 16.6. The largest absolute Gasteiger partial charge is 0.493 e. The predicted molar refractivity (Wildman–Crippen MR) is 119 cm³/mol. The molecule has 0 aromatic heterocycles. The Hall–Kier alpha value is -3.47. The molecular weight excluding hydrogens is 378 g/mol. The molecule has 0 fully saturated rings. The van der Waals surface area contributed by atoms with E-state index in [-0.39, 0.29) is 11.9 Å². The molecule has 0 bridgehead atoms. The lowest BCUT2D eigenvalue weighted by Gasteiger charge is -2.18. The van der Waals surface area contributed by atoms with Gasteiger partial charge in [0.2, 0.25) is 5.75 Å². The molecule has 1 amide bonds. The Morgan fingerprint density at radius 2 is 1.63 bits per heavy atom. The van der Waals surface area contributed by atoms with Gasteiger partial charge in [-0.2, -0.15) is 0 Å². The third kappa shape index (κ3) is 3.47. The van der Waals surface area contributed by atoms with Crippen LogP contribution in [0.3, 0.4) is 0 Å². The summed E-state index contributed by atoms with van der Waals surface area (Å²) in [4.78, 5) is 13.0. The summed E-state index contributed by atoms with van der Waals surface area (Å²) >= 11 is 0. The molecule has 154 valence electrons. The van der Waals surface area contributed by atoms with Crippen molar-refractivity contribution in [1.82, 2.24) is 5.32 Å². The van der Waals surface area contributed by atoms with Gasteiger partial charge in [0.05, 0.1) is 21.3 Å². The second-order valence-electron chi connectivity index (χ2n) is 7.17. The molecule has 1 N–H and O–H groups in total. The standard InChI is InChI=1S/C25H25NO4/c1-28-22-15-14-20(23(29-2)24(22)30-3)18-11-6-12-19-17(18)10-7-13-21(19)25(27)26-16-8-4-5-9-16/h4,6-8,10-16H,5,9H2,1-3H3,(H,26,27). The van der Waals surface area contributed by atoms with E-state index in [9.17, 15) is 4.79 Å². The number of hydrogen-bond donors (Lipinski definition) is 1. The molecule has 1 atom stereocenters. The predicted octanol–water partition coefficient (Wildman–Crippen LogP) is 4.98. The van der Waals surface area contributed by atoms with Gasteiger partial charge in [0.25, 0.3) is 5.91 Å². The van der Waals surface area contributed by atoms with Crippen LogP contribution in [-0.4, -0.2) is 33.3 Å². The van der Waals surface area contributed by atoms with Crippen LogP contribution in [0.15, 0.2) is 60.7 Å². The van der Waals surface area contributed by atoms with E-state index in [2.05, 4.69) is 17.5 Å². The van der Waals surface area contributed by atoms with Gasteiger partial charge in [-0.15, -0.1) is 0 Å². The molecule has 0 saturated heterocycles. The van der Waals surface area contributed by atoms with Gasteiger partial charge in [0.15, 0.2) is 11.5 Å². The van der Waals surface area contributed by atoms with Gasteiger partial charge >= 0.3 is 0 Å². The van der Waals surface area contributed by atoms with Crippen molar-refractivity contribution in [2.75, 3.05) is 21.3 Å². The zero-order valence-electron chi connectivity index (χ0n) is 17.4. The number of methoxy groups -OCH3 is 3. The molecule has 1 unspecified atom stereocenters. The Balaban J connectivity index is 1.84. The summed E-state index contributed by atoms with van der Waals surface area (Å²) in [7, 11) is 4.80. The number of rotatable bonds is 6. The number of benzene rings is 3. The van der Waals surface area contributed by atoms with Crippen LogP contribution >= 0.6 is 0 Å². The molecule has 0 radical (unpaired) electrons. The monoisotopic (exact) mass is 403 g/mol. The first-order chi connectivity index (χ1) is 14.7. The number of carbonyl (C=O) groups is 1. The van der Waals surface area contributed by atoms with Crippen molar-refractivity contribution in [3.05, 3.63) is 66.2 Å². The van der Waals surface area contributed by atoms with E-state index in [4.69, 9.17) is 14.2 Å². The second-order valence-corrected chi connectivity index (χ2v) is 7.17. The lowest BCUT2D eigenvalue weighted by molar-refractivity contribution is 0.0946. The van der Waals surface area contributed by atoms with Crippen molar-refractivity contribution >= 4 is 16.7 Å². The van der Waals surface area contributed by atoms with Crippen molar-refractivity contribution in [3.63, 3.8) is 0 Å². The van der Waals surface area contributed by atoms with E-state index in [0.29, 0.717) is 22.8 Å². The number of ether oxygens (including phenoxy) is 3. The second kappa shape index (κ2) is 8.49. The minimum atomic E-state index is -0.0615. The SMILES string of the molecule is COc1ccc(-c2cccc3c(C(=O)NC4C=CCC4)cccc23)c(OC)c1OC. The zero-order valence-corrected chi connectivity index (χ0v) is 17.4. The molecule has 3 aromatic carbocycles. The molecular formula is C25H25NO4. The highest BCUT2D eigenvalue weighted by Crippen LogP contribution is 2.45. The van der Waals surface area contributed by atoms with Crippen LogP contribution in [0.25, 0.3) is 21.9 Å². The van der Waals surface area contributed by atoms with Crippen LogP contribution in [0.5, 0.6) is 17.2 Å². The molecule has 0 saturated carbocycles. The maximum Gasteiger partial charge on any atom is 0.252 e. The molecule has 4 rings (SSSR count). The molecule has 5 nitrogen and oxygen atoms in total. The molecule has 0 spiro atoms. The Labute approximate surface area is 176 Å². The summed E-state index contributed by atoms with van der Waals surface area (Å²) in [5, 5.41) is 4.98. The topological polar surface area (TPSA) is 56.8 Å². The van der Waals surface area contributed by atoms with Gasteiger partial charge in [-0.3, -0.25) is 4.79 Å². The van der Waals surface area contributed by atoms with E-state index >= 15 is 0 Å². The van der Waals surface area contributed by atoms with Crippen molar-refractivity contribution in [2.45, 2.75) is 18.9 Å². The van der Waals surface area contributed by atoms with E-state index < -0.39 is 0 Å². The van der Waals surface area contributed by atoms with Crippen LogP contribution in [0, 0.1) is 0 Å². The molecule has 1 aliphatic carbocycles. The lowest BCUT2D eigenvalue weighted by atomic mass is 9.94. The normalized spacial score (nSPS) is 15.2. The number of nitrogens with one attached hydrogen (secondary N) is 1. The third-order valence-electron chi connectivity index (χ3n) is 5.49. The van der Waals surface area contributed by atoms with Crippen LogP contribution in [0.1, 0.15) is 23.2 Å². The first kappa shape index (κ1) is 19.8. The highest BCUT2D eigenvalue weighted by molar-refractivity contribution is 6.11. The smallest absolute Gasteiger partial charge is 0.252 e. The Morgan fingerprint density at radius 1 is 0.867 bits per heavy atom. The van der Waals surface area contributed by atoms with E-state index in [1.54, 1.807) is 21.3 Å². The molecule has 5 heteroatoms. The highest BCUT2D eigenvalue weighted by atomic mass is 16.5. The van der Waals surface area contributed by atoms with Gasteiger partial charge in [0.1, 0.15) is 0 Å². The Kier molecular flexibility index (Phi) is 5.61. The van der Waals surface area contributed by atoms with Crippen LogP contribution in [-0.2, 0) is 0 Å². The third-order valence-corrected chi connectivity index (χ3v) is 5.49. The fourth-order valence-corrected chi connectivity index (χ4v) is 4.06. The number of carbonyl (C=O) groups excluding carboxylic acids is 1. The average molecular weight is 403 g/mol. The molecule has 1 aliphatic rings. The highest BCUT2D eigenvalue weighted by Gasteiger charge is 2.20. The number of amides is 1. The Morgan fingerprint density at radius 3 is 2.33 bits per heavy atom. The quantitative estimate of drug-likeness (QED) is 0.590. The minimum Gasteiger partial charge on any atom is -0.493 e. The van der Waals surface area contributed by atoms with E-state index in [0.717, 1.165) is 34.7 Å². The molecule has 3 aromatic rings. The van der Waals surface area contributed by atoms with Crippen molar-refractivity contribution < 1.29 is 19.0 Å². The van der Waals surface area contributed by atoms with Gasteiger partial charge in [-0.1, -0.05) is 42.5 Å². The first-order valence-electron chi connectivity index (χ1n) is 9.96. The fourth-order valence-electron chi connectivity index (χ4n) is 4.06. The van der Waals surface area contributed by atoms with Crippen LogP contribution in [0.4, 0.5) is 0 Å². The van der Waals surface area contributed by atoms with Crippen molar-refractivity contribution in [2.24, 2.45) is 0 Å². The summed E-state index contributed by atoms with van der Waals surface area (Å²) in [5.74, 6) is 1.67. The molecule has 0 heterocycles. The minimum absolute atomic E-state index is 0.0615. The lowest BCUT2D eigenvalue weighted by Crippen LogP contribution is -2.32. The van der Waals surface area contributed by atoms with E-state index in [1.807, 2.05) is 48.5 Å². The van der Waals surface area contributed by atoms with Gasteiger partial charge in [0, 0.05) is 17.2 Å². The number of fused-ring (bicyclic) bond motifs is 1. The van der Waals surface area contributed by atoms with Gasteiger partial charge in [-0.25, -0.2) is 0 Å². The molecule has 0 aliphatic heterocycles. The van der Waals surface area contributed by atoms with Crippen LogP contribution in [0.2, 0.25) is 0 Å². The van der Waals surface area contributed by atoms with Gasteiger partial charge < -0.3 is 19.5 Å². The number of hydrogen-bond acceptors (Lipinski definition) is 4. The Bertz CT molecular complexity index is 1120. The average Bonchev–Trinajstić information content (AvgIpc) is 3.30. The van der Waals surface area contributed by atoms with Crippen molar-refractivity contribution in [1.29, 1.82) is 0 Å². The summed E-state index contributed by atoms with van der Waals surface area (Å²) in [6.45, 7) is 0. The fraction of sp³-hybridized carbons (Fsp3) is 0.240. The first-order valence-corrected chi connectivity index (χ1v) is 9.96. The van der Waals surface area contributed by atoms with E-state index in [1.165, 1.54) is 0 Å². The summed E-state index contributed by atoms with van der Waals surface area (Å²) in [6.07, 6.45) is 6.12. The summed E-state index contributed by atoms with van der Waals surface area (Å²) in [6, 6.07) is 15.7. The maximum atomic E-state index is 13.0. The molecule has 30 heavy (non-hydrogen) atoms. The summed E-state index contributed by atoms with van der Waals surface area (Å²) in [5.41, 5.74) is 2.49. The van der Waals surface area contributed by atoms with Crippen molar-refractivity contribution in [3.8, 4) is 28.4 Å².